The first-order chi connectivity index (χ1) is 8.72. The molecule has 1 aromatic carbocycles. The number of benzene rings is 1. The number of rotatable bonds is 5. The Morgan fingerprint density at radius 3 is 3.00 bits per heavy atom. The van der Waals surface area contributed by atoms with Gasteiger partial charge in [-0.05, 0) is 25.1 Å². The number of fused-ring (bicyclic) bond motifs is 1. The molecule has 0 unspecified atom stereocenters. The van der Waals surface area contributed by atoms with Gasteiger partial charge in [0.2, 0.25) is 5.91 Å². The van der Waals surface area contributed by atoms with E-state index in [1.165, 1.54) is 0 Å². The molecule has 2 N–H and O–H groups in total. The van der Waals surface area contributed by atoms with E-state index in [-0.39, 0.29) is 5.91 Å². The molecule has 0 saturated heterocycles. The molecular weight excluding hydrogens is 228 g/mol. The number of para-hydroxylation sites is 2. The molecule has 5 heteroatoms. The van der Waals surface area contributed by atoms with E-state index in [1.54, 1.807) is 18.3 Å². The number of nitrogens with two attached hydrogens (primary N) is 1. The Morgan fingerprint density at radius 1 is 1.44 bits per heavy atom. The Balaban J connectivity index is 2.07. The van der Waals surface area contributed by atoms with Crippen molar-refractivity contribution < 1.29 is 4.79 Å². The third kappa shape index (κ3) is 2.68. The predicted molar refractivity (Wildman–Crippen MR) is 71.0 cm³/mol. The molecule has 0 saturated carbocycles. The number of imidazole rings is 1. The average Bonchev–Trinajstić information content (AvgIpc) is 2.79. The lowest BCUT2D eigenvalue weighted by Gasteiger charge is -2.17. The summed E-state index contributed by atoms with van der Waals surface area (Å²) in [7, 11) is 1.80. The Kier molecular flexibility index (Phi) is 3.94. The fraction of sp³-hybridized carbons (Fsp3) is 0.385. The van der Waals surface area contributed by atoms with E-state index in [0.717, 1.165) is 17.5 Å². The minimum Gasteiger partial charge on any atom is -0.344 e. The van der Waals surface area contributed by atoms with Gasteiger partial charge >= 0.3 is 0 Å². The molecule has 0 radical (unpaired) electrons. The van der Waals surface area contributed by atoms with Crippen LogP contribution < -0.4 is 5.73 Å². The third-order valence-corrected chi connectivity index (χ3v) is 2.96. The second kappa shape index (κ2) is 5.64. The van der Waals surface area contributed by atoms with Crippen molar-refractivity contribution in [3.63, 3.8) is 0 Å². The number of aromatic nitrogens is 2. The van der Waals surface area contributed by atoms with Crippen LogP contribution in [0, 0.1) is 0 Å². The lowest BCUT2D eigenvalue weighted by molar-refractivity contribution is -0.130. The van der Waals surface area contributed by atoms with E-state index < -0.39 is 0 Å². The van der Waals surface area contributed by atoms with E-state index in [1.807, 2.05) is 28.8 Å². The molecule has 96 valence electrons. The number of hydrogen-bond donors (Lipinski definition) is 1. The molecule has 0 spiro atoms. The van der Waals surface area contributed by atoms with Crippen LogP contribution in [0.5, 0.6) is 0 Å². The van der Waals surface area contributed by atoms with Gasteiger partial charge in [-0.3, -0.25) is 4.79 Å². The first-order valence-corrected chi connectivity index (χ1v) is 6.06. The number of hydrogen-bond acceptors (Lipinski definition) is 3. The summed E-state index contributed by atoms with van der Waals surface area (Å²) >= 11 is 0. The molecule has 18 heavy (non-hydrogen) atoms. The van der Waals surface area contributed by atoms with Gasteiger partial charge in [-0.1, -0.05) is 12.1 Å². The molecule has 2 aromatic rings. The predicted octanol–water partition coefficient (Wildman–Crippen LogP) is 0.844. The lowest BCUT2D eigenvalue weighted by atomic mass is 10.3. The standard InChI is InChI=1S/C13H18N4O/c1-16(8-4-7-14)13(18)9-17-10-15-11-5-2-3-6-12(11)17/h2-3,5-6,10H,4,7-9,14H2,1H3. The van der Waals surface area contributed by atoms with Crippen LogP contribution in [0.3, 0.4) is 0 Å². The smallest absolute Gasteiger partial charge is 0.242 e. The first-order valence-electron chi connectivity index (χ1n) is 6.06. The molecule has 0 atom stereocenters. The molecule has 0 aliphatic carbocycles. The topological polar surface area (TPSA) is 64.2 Å². The fourth-order valence-corrected chi connectivity index (χ4v) is 1.86. The molecule has 1 heterocycles. The zero-order valence-electron chi connectivity index (χ0n) is 10.5. The highest BCUT2D eigenvalue weighted by Crippen LogP contribution is 2.11. The Labute approximate surface area is 106 Å². The zero-order valence-corrected chi connectivity index (χ0v) is 10.5. The average molecular weight is 246 g/mol. The molecule has 2 rings (SSSR count). The van der Waals surface area contributed by atoms with Crippen molar-refractivity contribution in [3.8, 4) is 0 Å². The van der Waals surface area contributed by atoms with Gasteiger partial charge in [-0.15, -0.1) is 0 Å². The summed E-state index contributed by atoms with van der Waals surface area (Å²) in [6.45, 7) is 1.62. The number of carbonyl (C=O) groups is 1. The third-order valence-electron chi connectivity index (χ3n) is 2.96. The van der Waals surface area contributed by atoms with E-state index >= 15 is 0 Å². The summed E-state index contributed by atoms with van der Waals surface area (Å²) in [5.74, 6) is 0.0756. The van der Waals surface area contributed by atoms with Crippen molar-refractivity contribution >= 4 is 16.9 Å². The van der Waals surface area contributed by atoms with E-state index in [0.29, 0.717) is 19.6 Å². The molecule has 1 aromatic heterocycles. The van der Waals surface area contributed by atoms with Crippen molar-refractivity contribution in [1.82, 2.24) is 14.5 Å². The maximum absolute atomic E-state index is 12.0. The monoisotopic (exact) mass is 246 g/mol. The minimum absolute atomic E-state index is 0.0756. The number of amides is 1. The van der Waals surface area contributed by atoms with E-state index in [9.17, 15) is 4.79 Å². The van der Waals surface area contributed by atoms with Gasteiger partial charge in [0.25, 0.3) is 0 Å². The highest BCUT2D eigenvalue weighted by atomic mass is 16.2. The van der Waals surface area contributed by atoms with Crippen LogP contribution in [0.2, 0.25) is 0 Å². The summed E-state index contributed by atoms with van der Waals surface area (Å²) in [6.07, 6.45) is 2.53. The lowest BCUT2D eigenvalue weighted by Crippen LogP contribution is -2.31. The summed E-state index contributed by atoms with van der Waals surface area (Å²) < 4.78 is 1.87. The molecular formula is C13H18N4O. The minimum atomic E-state index is 0.0756. The second-order valence-corrected chi connectivity index (χ2v) is 4.32. The fourth-order valence-electron chi connectivity index (χ4n) is 1.86. The molecule has 0 aliphatic heterocycles. The second-order valence-electron chi connectivity index (χ2n) is 4.32. The molecule has 0 bridgehead atoms. The van der Waals surface area contributed by atoms with Crippen molar-refractivity contribution in [2.45, 2.75) is 13.0 Å². The van der Waals surface area contributed by atoms with Crippen LogP contribution in [-0.4, -0.2) is 40.5 Å². The highest BCUT2D eigenvalue weighted by molar-refractivity contribution is 5.80. The Morgan fingerprint density at radius 2 is 2.22 bits per heavy atom. The number of likely N-dealkylation sites (N-methyl/N-ethyl adjacent to an activating group) is 1. The Bertz CT molecular complexity index is 535. The van der Waals surface area contributed by atoms with Gasteiger partial charge < -0.3 is 15.2 Å². The summed E-state index contributed by atoms with van der Waals surface area (Å²) in [6, 6.07) is 7.79. The van der Waals surface area contributed by atoms with Gasteiger partial charge in [0, 0.05) is 13.6 Å². The largest absolute Gasteiger partial charge is 0.344 e. The number of carbonyl (C=O) groups excluding carboxylic acids is 1. The van der Waals surface area contributed by atoms with Crippen LogP contribution in [0.4, 0.5) is 0 Å². The van der Waals surface area contributed by atoms with E-state index in [2.05, 4.69) is 4.98 Å². The van der Waals surface area contributed by atoms with Gasteiger partial charge in [0.15, 0.2) is 0 Å². The van der Waals surface area contributed by atoms with Crippen LogP contribution in [0.15, 0.2) is 30.6 Å². The summed E-state index contributed by atoms with van der Waals surface area (Å²) in [5.41, 5.74) is 7.33. The van der Waals surface area contributed by atoms with Crippen molar-refractivity contribution in [3.05, 3.63) is 30.6 Å². The Hall–Kier alpha value is -1.88. The van der Waals surface area contributed by atoms with Gasteiger partial charge in [0.05, 0.1) is 17.4 Å². The first kappa shape index (κ1) is 12.6. The molecule has 1 amide bonds. The van der Waals surface area contributed by atoms with Crippen molar-refractivity contribution in [1.29, 1.82) is 0 Å². The van der Waals surface area contributed by atoms with Gasteiger partial charge in [-0.2, -0.15) is 0 Å². The molecule has 5 nitrogen and oxygen atoms in total. The maximum Gasteiger partial charge on any atom is 0.242 e. The van der Waals surface area contributed by atoms with Crippen LogP contribution in [-0.2, 0) is 11.3 Å². The highest BCUT2D eigenvalue weighted by Gasteiger charge is 2.10. The van der Waals surface area contributed by atoms with Crippen LogP contribution in [0.1, 0.15) is 6.42 Å². The molecule has 0 fully saturated rings. The maximum atomic E-state index is 12.0. The van der Waals surface area contributed by atoms with E-state index in [4.69, 9.17) is 5.73 Å². The normalized spacial score (nSPS) is 10.8. The van der Waals surface area contributed by atoms with Crippen LogP contribution in [0.25, 0.3) is 11.0 Å². The quantitative estimate of drug-likeness (QED) is 0.850. The SMILES string of the molecule is CN(CCCN)C(=O)Cn1cnc2ccccc21. The zero-order chi connectivity index (χ0) is 13.0. The van der Waals surface area contributed by atoms with Crippen molar-refractivity contribution in [2.75, 3.05) is 20.1 Å². The van der Waals surface area contributed by atoms with Crippen molar-refractivity contribution in [2.24, 2.45) is 5.73 Å². The summed E-state index contributed by atoms with van der Waals surface area (Å²) in [5, 5.41) is 0. The van der Waals surface area contributed by atoms with Crippen LogP contribution >= 0.6 is 0 Å². The molecule has 0 aliphatic rings. The summed E-state index contributed by atoms with van der Waals surface area (Å²) in [4.78, 5) is 18.0. The van der Waals surface area contributed by atoms with Gasteiger partial charge in [-0.25, -0.2) is 4.98 Å². The number of nitrogens with zero attached hydrogens (tertiary/aromatic N) is 3. The van der Waals surface area contributed by atoms with Gasteiger partial charge in [0.1, 0.15) is 6.54 Å².